The Hall–Kier alpha value is -1.03. The Bertz CT molecular complexity index is 278. The highest BCUT2D eigenvalue weighted by atomic mass is 16.5. The molecule has 0 saturated carbocycles. The molecule has 4 nitrogen and oxygen atoms in total. The van der Waals surface area contributed by atoms with Crippen LogP contribution >= 0.6 is 0 Å². The van der Waals surface area contributed by atoms with Gasteiger partial charge >= 0.3 is 0 Å². The molecule has 1 aromatic rings. The third-order valence-electron chi connectivity index (χ3n) is 2.04. The minimum atomic E-state index is -0.0248. The highest BCUT2D eigenvalue weighted by molar-refractivity contribution is 5.14. The molecule has 12 heavy (non-hydrogen) atoms. The zero-order valence-electron chi connectivity index (χ0n) is 7.37. The number of hydrogen-bond acceptors (Lipinski definition) is 3. The molecule has 0 bridgehead atoms. The lowest BCUT2D eigenvalue weighted by molar-refractivity contribution is 0.0348. The highest BCUT2D eigenvalue weighted by Crippen LogP contribution is 2.20. The summed E-state index contributed by atoms with van der Waals surface area (Å²) in [5, 5.41) is 7.21. The van der Waals surface area contributed by atoms with E-state index in [1.54, 1.807) is 10.9 Å². The fourth-order valence-corrected chi connectivity index (χ4v) is 1.29. The van der Waals surface area contributed by atoms with Gasteiger partial charge in [-0.3, -0.25) is 4.68 Å². The number of aryl methyl sites for hydroxylation is 1. The first-order valence-corrected chi connectivity index (χ1v) is 4.06. The fourth-order valence-electron chi connectivity index (χ4n) is 1.29. The predicted octanol–water partition coefficient (Wildman–Crippen LogP) is 0.161. The van der Waals surface area contributed by atoms with E-state index in [4.69, 9.17) is 4.74 Å². The molecule has 4 heteroatoms. The molecule has 0 atom stereocenters. The summed E-state index contributed by atoms with van der Waals surface area (Å²) >= 11 is 0. The number of nitrogens with zero attached hydrogens (tertiary/aromatic N) is 2. The van der Waals surface area contributed by atoms with Crippen molar-refractivity contribution >= 4 is 0 Å². The van der Waals surface area contributed by atoms with Crippen LogP contribution in [0.15, 0.2) is 12.4 Å². The first-order chi connectivity index (χ1) is 5.68. The van der Waals surface area contributed by atoms with Crippen molar-refractivity contribution < 1.29 is 4.74 Å². The first-order valence-electron chi connectivity index (χ1n) is 4.06. The topological polar surface area (TPSA) is 39.1 Å². The average Bonchev–Trinajstić information content (AvgIpc) is 2.32. The van der Waals surface area contributed by atoms with Gasteiger partial charge < -0.3 is 10.1 Å². The van der Waals surface area contributed by atoms with E-state index >= 15 is 0 Å². The van der Waals surface area contributed by atoms with E-state index in [9.17, 15) is 0 Å². The van der Waals surface area contributed by atoms with Crippen molar-refractivity contribution in [3.05, 3.63) is 12.4 Å². The molecule has 0 radical (unpaired) electrons. The van der Waals surface area contributed by atoms with Crippen molar-refractivity contribution in [2.45, 2.75) is 12.5 Å². The molecular weight excluding hydrogens is 154 g/mol. The van der Waals surface area contributed by atoms with E-state index in [1.165, 1.54) is 0 Å². The minimum Gasteiger partial charge on any atom is -0.482 e. The van der Waals surface area contributed by atoms with Crippen molar-refractivity contribution in [1.82, 2.24) is 15.1 Å². The van der Waals surface area contributed by atoms with Crippen LogP contribution in [0.25, 0.3) is 0 Å². The molecule has 1 N–H and O–H groups in total. The fraction of sp³-hybridized carbons (Fsp3) is 0.625. The van der Waals surface area contributed by atoms with Gasteiger partial charge in [-0.05, 0) is 6.92 Å². The van der Waals surface area contributed by atoms with Gasteiger partial charge in [-0.15, -0.1) is 0 Å². The van der Waals surface area contributed by atoms with Crippen LogP contribution in [0.1, 0.15) is 6.92 Å². The number of hydrogen-bond donors (Lipinski definition) is 1. The molecule has 66 valence electrons. The molecule has 1 saturated heterocycles. The smallest absolute Gasteiger partial charge is 0.158 e. The van der Waals surface area contributed by atoms with Crippen molar-refractivity contribution in [1.29, 1.82) is 0 Å². The van der Waals surface area contributed by atoms with Gasteiger partial charge in [0.25, 0.3) is 0 Å². The summed E-state index contributed by atoms with van der Waals surface area (Å²) in [5.74, 6) is 0.849. The Morgan fingerprint density at radius 1 is 1.67 bits per heavy atom. The summed E-state index contributed by atoms with van der Waals surface area (Å²) in [6.45, 7) is 3.93. The van der Waals surface area contributed by atoms with Crippen LogP contribution in [0.4, 0.5) is 0 Å². The zero-order chi connectivity index (χ0) is 8.60. The van der Waals surface area contributed by atoms with Crippen molar-refractivity contribution in [2.24, 2.45) is 7.05 Å². The van der Waals surface area contributed by atoms with Crippen molar-refractivity contribution in [3.8, 4) is 5.75 Å². The highest BCUT2D eigenvalue weighted by Gasteiger charge is 2.33. The van der Waals surface area contributed by atoms with E-state index in [-0.39, 0.29) is 5.60 Å². The van der Waals surface area contributed by atoms with E-state index in [0.717, 1.165) is 18.8 Å². The van der Waals surface area contributed by atoms with Crippen LogP contribution in [-0.2, 0) is 7.05 Å². The summed E-state index contributed by atoms with van der Waals surface area (Å²) in [5.41, 5.74) is -0.0248. The third-order valence-corrected chi connectivity index (χ3v) is 2.04. The summed E-state index contributed by atoms with van der Waals surface area (Å²) in [6.07, 6.45) is 3.62. The maximum atomic E-state index is 5.71. The van der Waals surface area contributed by atoms with E-state index in [0.29, 0.717) is 0 Å². The first kappa shape index (κ1) is 7.61. The average molecular weight is 167 g/mol. The Morgan fingerprint density at radius 2 is 2.42 bits per heavy atom. The van der Waals surface area contributed by atoms with Crippen LogP contribution in [0, 0.1) is 0 Å². The second-order valence-electron chi connectivity index (χ2n) is 3.51. The maximum absolute atomic E-state index is 5.71. The van der Waals surface area contributed by atoms with Gasteiger partial charge in [-0.1, -0.05) is 0 Å². The zero-order valence-corrected chi connectivity index (χ0v) is 7.37. The number of ether oxygens (including phenoxy) is 1. The quantitative estimate of drug-likeness (QED) is 0.682. The van der Waals surface area contributed by atoms with Gasteiger partial charge in [-0.25, -0.2) is 0 Å². The second kappa shape index (κ2) is 2.48. The van der Waals surface area contributed by atoms with Gasteiger partial charge in [0, 0.05) is 20.1 Å². The summed E-state index contributed by atoms with van der Waals surface area (Å²) in [7, 11) is 1.88. The molecule has 0 unspecified atom stereocenters. The summed E-state index contributed by atoms with van der Waals surface area (Å²) < 4.78 is 7.45. The lowest BCUT2D eigenvalue weighted by atomic mass is 10.0. The standard InChI is InChI=1S/C8H13N3O/c1-8(5-9-6-8)12-7-3-10-11(2)4-7/h3-4,9H,5-6H2,1-2H3. The van der Waals surface area contributed by atoms with Crippen LogP contribution in [0.2, 0.25) is 0 Å². The maximum Gasteiger partial charge on any atom is 0.158 e. The van der Waals surface area contributed by atoms with Gasteiger partial charge in [0.15, 0.2) is 5.75 Å². The molecule has 0 aromatic carbocycles. The monoisotopic (exact) mass is 167 g/mol. The Morgan fingerprint density at radius 3 is 2.83 bits per heavy atom. The van der Waals surface area contributed by atoms with Gasteiger partial charge in [0.05, 0.1) is 12.4 Å². The predicted molar refractivity (Wildman–Crippen MR) is 45.1 cm³/mol. The molecule has 1 fully saturated rings. The van der Waals surface area contributed by atoms with Gasteiger partial charge in [0.1, 0.15) is 5.60 Å². The van der Waals surface area contributed by atoms with Gasteiger partial charge in [0.2, 0.25) is 0 Å². The molecule has 1 aliphatic heterocycles. The second-order valence-corrected chi connectivity index (χ2v) is 3.51. The Labute approximate surface area is 71.5 Å². The van der Waals surface area contributed by atoms with Crippen LogP contribution < -0.4 is 10.1 Å². The van der Waals surface area contributed by atoms with E-state index in [2.05, 4.69) is 17.3 Å². The largest absolute Gasteiger partial charge is 0.482 e. The Balaban J connectivity index is 2.03. The number of rotatable bonds is 2. The SMILES string of the molecule is Cn1cc(OC2(C)CNC2)cn1. The molecule has 0 amide bonds. The summed E-state index contributed by atoms with van der Waals surface area (Å²) in [4.78, 5) is 0. The molecule has 2 heterocycles. The minimum absolute atomic E-state index is 0.0248. The number of aromatic nitrogens is 2. The van der Waals surface area contributed by atoms with Crippen LogP contribution in [0.3, 0.4) is 0 Å². The molecule has 0 aliphatic carbocycles. The van der Waals surface area contributed by atoms with Gasteiger partial charge in [-0.2, -0.15) is 5.10 Å². The van der Waals surface area contributed by atoms with E-state index < -0.39 is 0 Å². The van der Waals surface area contributed by atoms with Crippen molar-refractivity contribution in [3.63, 3.8) is 0 Å². The third kappa shape index (κ3) is 1.30. The number of nitrogens with one attached hydrogen (secondary N) is 1. The van der Waals surface area contributed by atoms with Crippen molar-refractivity contribution in [2.75, 3.05) is 13.1 Å². The molecule has 1 aromatic heterocycles. The van der Waals surface area contributed by atoms with Crippen LogP contribution in [-0.4, -0.2) is 28.5 Å². The lowest BCUT2D eigenvalue weighted by Gasteiger charge is -2.38. The van der Waals surface area contributed by atoms with Crippen LogP contribution in [0.5, 0.6) is 5.75 Å². The summed E-state index contributed by atoms with van der Waals surface area (Å²) in [6, 6.07) is 0. The Kier molecular flexibility index (Phi) is 1.58. The molecule has 0 spiro atoms. The lowest BCUT2D eigenvalue weighted by Crippen LogP contribution is -2.60. The van der Waals surface area contributed by atoms with E-state index in [1.807, 2.05) is 13.2 Å². The normalized spacial score (nSPS) is 20.2. The molecule has 2 rings (SSSR count). The molecular formula is C8H13N3O. The molecule has 1 aliphatic rings.